The van der Waals surface area contributed by atoms with Crippen LogP contribution >= 0.6 is 0 Å². The Morgan fingerprint density at radius 2 is 1.63 bits per heavy atom. The van der Waals surface area contributed by atoms with Gasteiger partial charge in [0.15, 0.2) is 5.76 Å². The summed E-state index contributed by atoms with van der Waals surface area (Å²) >= 11 is 0. The van der Waals surface area contributed by atoms with Crippen LogP contribution in [0.5, 0.6) is 5.75 Å². The quantitative estimate of drug-likeness (QED) is 0.551. The maximum atomic E-state index is 12.9. The zero-order chi connectivity index (χ0) is 21.8. The molecule has 2 aromatic carbocycles. The van der Waals surface area contributed by atoms with E-state index in [4.69, 9.17) is 9.47 Å². The molecule has 156 valence electrons. The predicted octanol–water partition coefficient (Wildman–Crippen LogP) is 3.88. The van der Waals surface area contributed by atoms with Crippen molar-refractivity contribution in [2.24, 2.45) is 0 Å². The van der Waals surface area contributed by atoms with Gasteiger partial charge in [0.25, 0.3) is 5.91 Å². The summed E-state index contributed by atoms with van der Waals surface area (Å²) in [7, 11) is 0. The summed E-state index contributed by atoms with van der Waals surface area (Å²) in [6, 6.07) is 12.5. The fourth-order valence-corrected chi connectivity index (χ4v) is 3.01. The third-order valence-corrected chi connectivity index (χ3v) is 4.37. The van der Waals surface area contributed by atoms with Gasteiger partial charge in [-0.25, -0.2) is 9.69 Å². The van der Waals surface area contributed by atoms with Crippen molar-refractivity contribution >= 4 is 29.0 Å². The van der Waals surface area contributed by atoms with Crippen molar-refractivity contribution in [3.63, 3.8) is 0 Å². The number of hydrogen-bond acceptors (Lipinski definition) is 6. The fraction of sp³-hybridized carbons (Fsp3) is 0.261. The molecule has 1 heterocycles. The number of aliphatic hydroxyl groups is 1. The Labute approximate surface area is 174 Å². The molecule has 0 aromatic heterocycles. The molecule has 0 aliphatic carbocycles. The maximum Gasteiger partial charge on any atom is 0.338 e. The molecular weight excluding hydrogens is 386 g/mol. The van der Waals surface area contributed by atoms with E-state index in [1.807, 2.05) is 20.8 Å². The highest BCUT2D eigenvalue weighted by Crippen LogP contribution is 2.32. The smallest absolute Gasteiger partial charge is 0.338 e. The number of carbonyl (C=O) groups is 3. The number of benzene rings is 2. The van der Waals surface area contributed by atoms with Gasteiger partial charge < -0.3 is 14.6 Å². The topological polar surface area (TPSA) is 93.1 Å². The first-order valence-corrected chi connectivity index (χ1v) is 9.69. The van der Waals surface area contributed by atoms with Gasteiger partial charge in [-0.15, -0.1) is 0 Å². The second-order valence-electron chi connectivity index (χ2n) is 7.04. The second-order valence-corrected chi connectivity index (χ2v) is 7.04. The van der Waals surface area contributed by atoms with Gasteiger partial charge in [0.2, 0.25) is 0 Å². The highest BCUT2D eigenvalue weighted by Gasteiger charge is 2.40. The Hall–Kier alpha value is -3.61. The zero-order valence-electron chi connectivity index (χ0n) is 17.0. The third kappa shape index (κ3) is 4.20. The predicted molar refractivity (Wildman–Crippen MR) is 111 cm³/mol. The number of anilines is 1. The molecule has 0 atom stereocenters. The van der Waals surface area contributed by atoms with E-state index >= 15 is 0 Å². The first-order chi connectivity index (χ1) is 14.3. The molecule has 0 fully saturated rings. The molecule has 0 radical (unpaired) electrons. The van der Waals surface area contributed by atoms with Crippen LogP contribution in [0, 0.1) is 0 Å². The molecule has 0 saturated heterocycles. The standard InChI is InChI=1S/C23H23NO6/c1-4-13-29-23(28)16-5-9-17(10-6-16)24-21(26)19(20(25)22(24)27)15-7-11-18(12-8-15)30-14(2)3/h5-12,14,25H,4,13H2,1-3H3. The van der Waals surface area contributed by atoms with Gasteiger partial charge in [0.1, 0.15) is 5.75 Å². The van der Waals surface area contributed by atoms with Crippen LogP contribution in [-0.4, -0.2) is 35.6 Å². The van der Waals surface area contributed by atoms with Crippen LogP contribution in [-0.2, 0) is 14.3 Å². The fourth-order valence-electron chi connectivity index (χ4n) is 3.01. The molecule has 0 spiro atoms. The molecule has 3 rings (SSSR count). The summed E-state index contributed by atoms with van der Waals surface area (Å²) in [5.74, 6) is -1.94. The first kappa shape index (κ1) is 21.1. The van der Waals surface area contributed by atoms with Gasteiger partial charge in [-0.2, -0.15) is 0 Å². The molecule has 1 N–H and O–H groups in total. The lowest BCUT2D eigenvalue weighted by Crippen LogP contribution is -2.31. The number of nitrogens with zero attached hydrogens (tertiary/aromatic N) is 1. The van der Waals surface area contributed by atoms with E-state index in [-0.39, 0.29) is 17.4 Å². The maximum absolute atomic E-state index is 12.9. The second kappa shape index (κ2) is 8.82. The first-order valence-electron chi connectivity index (χ1n) is 9.69. The van der Waals surface area contributed by atoms with E-state index in [0.717, 1.165) is 4.90 Å². The van der Waals surface area contributed by atoms with Gasteiger partial charge in [-0.3, -0.25) is 9.59 Å². The monoisotopic (exact) mass is 409 g/mol. The summed E-state index contributed by atoms with van der Waals surface area (Å²) in [6.07, 6.45) is 0.703. The van der Waals surface area contributed by atoms with Crippen molar-refractivity contribution in [3.05, 3.63) is 65.4 Å². The van der Waals surface area contributed by atoms with Gasteiger partial charge >= 0.3 is 11.9 Å². The summed E-state index contributed by atoms with van der Waals surface area (Å²) in [5, 5.41) is 10.3. The number of hydrogen-bond donors (Lipinski definition) is 1. The molecule has 2 amide bonds. The molecule has 7 heteroatoms. The average Bonchev–Trinajstić information content (AvgIpc) is 2.95. The summed E-state index contributed by atoms with van der Waals surface area (Å²) in [5.41, 5.74) is 0.884. The number of esters is 1. The van der Waals surface area contributed by atoms with Crippen LogP contribution < -0.4 is 9.64 Å². The van der Waals surface area contributed by atoms with Crippen LogP contribution in [0.25, 0.3) is 5.57 Å². The Kier molecular flexibility index (Phi) is 6.20. The highest BCUT2D eigenvalue weighted by atomic mass is 16.5. The number of aliphatic hydroxyl groups excluding tert-OH is 1. The van der Waals surface area contributed by atoms with Crippen molar-refractivity contribution in [1.82, 2.24) is 0 Å². The lowest BCUT2D eigenvalue weighted by atomic mass is 10.1. The van der Waals surface area contributed by atoms with E-state index in [1.54, 1.807) is 24.3 Å². The van der Waals surface area contributed by atoms with E-state index in [1.165, 1.54) is 24.3 Å². The summed E-state index contributed by atoms with van der Waals surface area (Å²) < 4.78 is 10.6. The Morgan fingerprint density at radius 3 is 2.20 bits per heavy atom. The normalized spacial score (nSPS) is 13.9. The average molecular weight is 409 g/mol. The third-order valence-electron chi connectivity index (χ3n) is 4.37. The molecule has 0 saturated carbocycles. The van der Waals surface area contributed by atoms with Crippen molar-refractivity contribution in [2.45, 2.75) is 33.3 Å². The SMILES string of the molecule is CCCOC(=O)c1ccc(N2C(=O)C(O)=C(c3ccc(OC(C)C)cc3)C2=O)cc1. The Bertz CT molecular complexity index is 989. The van der Waals surface area contributed by atoms with Crippen LogP contribution in [0.2, 0.25) is 0 Å². The number of amides is 2. The van der Waals surface area contributed by atoms with E-state index in [9.17, 15) is 19.5 Å². The van der Waals surface area contributed by atoms with Crippen molar-refractivity contribution < 1.29 is 29.0 Å². The van der Waals surface area contributed by atoms with E-state index in [0.29, 0.717) is 29.9 Å². The molecule has 2 aromatic rings. The number of rotatable bonds is 7. The van der Waals surface area contributed by atoms with Crippen molar-refractivity contribution in [2.75, 3.05) is 11.5 Å². The van der Waals surface area contributed by atoms with E-state index < -0.39 is 23.5 Å². The lowest BCUT2D eigenvalue weighted by Gasteiger charge is -2.15. The summed E-state index contributed by atoms with van der Waals surface area (Å²) in [4.78, 5) is 38.3. The van der Waals surface area contributed by atoms with Gasteiger partial charge in [0.05, 0.1) is 29.5 Å². The van der Waals surface area contributed by atoms with Crippen LogP contribution in [0.3, 0.4) is 0 Å². The molecule has 7 nitrogen and oxygen atoms in total. The molecule has 1 aliphatic rings. The minimum Gasteiger partial charge on any atom is -0.502 e. The Morgan fingerprint density at radius 1 is 1.00 bits per heavy atom. The minimum absolute atomic E-state index is 0.00382. The number of carbonyl (C=O) groups excluding carboxylic acids is 3. The molecule has 30 heavy (non-hydrogen) atoms. The number of ether oxygens (including phenoxy) is 2. The molecule has 0 unspecified atom stereocenters. The Balaban J connectivity index is 1.82. The minimum atomic E-state index is -0.821. The largest absolute Gasteiger partial charge is 0.502 e. The molecule has 1 aliphatic heterocycles. The van der Waals surface area contributed by atoms with Crippen molar-refractivity contribution in [1.29, 1.82) is 0 Å². The zero-order valence-corrected chi connectivity index (χ0v) is 17.0. The lowest BCUT2D eigenvalue weighted by molar-refractivity contribution is -0.121. The van der Waals surface area contributed by atoms with Gasteiger partial charge in [-0.05, 0) is 62.2 Å². The molecular formula is C23H23NO6. The van der Waals surface area contributed by atoms with E-state index in [2.05, 4.69) is 0 Å². The van der Waals surface area contributed by atoms with Crippen LogP contribution in [0.4, 0.5) is 5.69 Å². The van der Waals surface area contributed by atoms with Crippen LogP contribution in [0.1, 0.15) is 43.1 Å². The summed E-state index contributed by atoms with van der Waals surface area (Å²) in [6.45, 7) is 6.00. The molecule has 0 bridgehead atoms. The number of imide groups is 1. The van der Waals surface area contributed by atoms with Crippen LogP contribution in [0.15, 0.2) is 54.3 Å². The highest BCUT2D eigenvalue weighted by molar-refractivity contribution is 6.44. The van der Waals surface area contributed by atoms with Crippen molar-refractivity contribution in [3.8, 4) is 5.75 Å². The van der Waals surface area contributed by atoms with Gasteiger partial charge in [-0.1, -0.05) is 19.1 Å². The van der Waals surface area contributed by atoms with Gasteiger partial charge in [0, 0.05) is 0 Å².